The van der Waals surface area contributed by atoms with Crippen molar-refractivity contribution < 1.29 is 14.3 Å². The highest BCUT2D eigenvalue weighted by Gasteiger charge is 2.26. The van der Waals surface area contributed by atoms with Crippen molar-refractivity contribution in [3.05, 3.63) is 48.5 Å². The zero-order chi connectivity index (χ0) is 23.4. The van der Waals surface area contributed by atoms with E-state index in [9.17, 15) is 9.59 Å². The summed E-state index contributed by atoms with van der Waals surface area (Å²) in [4.78, 5) is 32.5. The number of amides is 2. The molecule has 1 aliphatic heterocycles. The van der Waals surface area contributed by atoms with Crippen LogP contribution >= 0.6 is 11.8 Å². The average Bonchev–Trinajstić information content (AvgIpc) is 3.14. The van der Waals surface area contributed by atoms with E-state index in [-0.39, 0.29) is 24.1 Å². The lowest BCUT2D eigenvalue weighted by molar-refractivity contribution is -0.134. The first-order valence-corrected chi connectivity index (χ1v) is 12.2. The molecule has 0 radical (unpaired) electrons. The number of likely N-dealkylation sites (tertiary alicyclic amines) is 1. The molecule has 0 spiro atoms. The van der Waals surface area contributed by atoms with E-state index in [0.717, 1.165) is 30.5 Å². The Kier molecular flexibility index (Phi) is 7.23. The summed E-state index contributed by atoms with van der Waals surface area (Å²) in [7, 11) is 1.57. The number of carbonyl (C=O) groups is 2. The monoisotopic (exact) mass is 466 g/mol. The number of thioether (sulfide) groups is 1. The molecule has 0 saturated carbocycles. The van der Waals surface area contributed by atoms with Crippen LogP contribution in [0.15, 0.2) is 53.7 Å². The molecule has 1 fully saturated rings. The molecule has 0 bridgehead atoms. The quantitative estimate of drug-likeness (QED) is 0.526. The number of methoxy groups -OCH3 is 1. The SMILES string of the molecule is COc1ccccc1NC(=O)CSc1nc2ccccc2n1CC(=O)N1CC(C)CC(C)C1. The fourth-order valence-electron chi connectivity index (χ4n) is 4.48. The van der Waals surface area contributed by atoms with E-state index in [1.807, 2.05) is 45.9 Å². The Hall–Kier alpha value is -3.00. The van der Waals surface area contributed by atoms with Crippen molar-refractivity contribution in [3.63, 3.8) is 0 Å². The summed E-state index contributed by atoms with van der Waals surface area (Å²) >= 11 is 1.33. The normalized spacial score (nSPS) is 18.3. The minimum Gasteiger partial charge on any atom is -0.495 e. The van der Waals surface area contributed by atoms with E-state index < -0.39 is 0 Å². The second-order valence-electron chi connectivity index (χ2n) is 8.75. The van der Waals surface area contributed by atoms with Crippen molar-refractivity contribution in [2.24, 2.45) is 11.8 Å². The number of para-hydroxylation sites is 4. The predicted octanol–water partition coefficient (Wildman–Crippen LogP) is 4.28. The maximum absolute atomic E-state index is 13.2. The number of carbonyl (C=O) groups excluding carboxylic acids is 2. The van der Waals surface area contributed by atoms with Gasteiger partial charge in [0, 0.05) is 13.1 Å². The zero-order valence-electron chi connectivity index (χ0n) is 19.3. The molecule has 2 aromatic carbocycles. The number of ether oxygens (including phenoxy) is 1. The van der Waals surface area contributed by atoms with E-state index in [0.29, 0.717) is 28.4 Å². The molecular formula is C25H30N4O3S. The molecule has 3 aromatic rings. The van der Waals surface area contributed by atoms with Crippen LogP contribution in [-0.4, -0.2) is 52.2 Å². The van der Waals surface area contributed by atoms with Crippen LogP contribution in [0.4, 0.5) is 5.69 Å². The van der Waals surface area contributed by atoms with Crippen LogP contribution in [0.1, 0.15) is 20.3 Å². The summed E-state index contributed by atoms with van der Waals surface area (Å²) in [6, 6.07) is 15.1. The predicted molar refractivity (Wildman–Crippen MR) is 132 cm³/mol. The molecule has 2 unspecified atom stereocenters. The largest absolute Gasteiger partial charge is 0.495 e. The number of nitrogens with zero attached hydrogens (tertiary/aromatic N) is 3. The van der Waals surface area contributed by atoms with Gasteiger partial charge in [0.25, 0.3) is 0 Å². The highest BCUT2D eigenvalue weighted by molar-refractivity contribution is 7.99. The number of anilines is 1. The van der Waals surface area contributed by atoms with E-state index in [4.69, 9.17) is 9.72 Å². The standard InChI is InChI=1S/C25H30N4O3S/c1-17-12-18(2)14-28(13-17)24(31)15-29-21-10-6-4-8-19(21)27-25(29)33-16-23(30)26-20-9-5-7-11-22(20)32-3/h4-11,17-18H,12-16H2,1-3H3,(H,26,30). The van der Waals surface area contributed by atoms with Crippen molar-refractivity contribution in [2.75, 3.05) is 31.3 Å². The molecule has 1 saturated heterocycles. The maximum atomic E-state index is 13.2. The van der Waals surface area contributed by atoms with Crippen LogP contribution in [0.3, 0.4) is 0 Å². The number of aromatic nitrogens is 2. The van der Waals surface area contributed by atoms with Crippen LogP contribution in [0.25, 0.3) is 11.0 Å². The van der Waals surface area contributed by atoms with Crippen LogP contribution in [0.5, 0.6) is 5.75 Å². The van der Waals surface area contributed by atoms with Crippen molar-refractivity contribution in [1.29, 1.82) is 0 Å². The third-order valence-corrected chi connectivity index (χ3v) is 6.82. The smallest absolute Gasteiger partial charge is 0.242 e. The minimum absolute atomic E-state index is 0.0943. The van der Waals surface area contributed by atoms with Gasteiger partial charge in [0.1, 0.15) is 12.3 Å². The highest BCUT2D eigenvalue weighted by Crippen LogP contribution is 2.27. The summed E-state index contributed by atoms with van der Waals surface area (Å²) in [6.45, 7) is 6.20. The molecule has 1 aromatic heterocycles. The van der Waals surface area contributed by atoms with Crippen LogP contribution in [-0.2, 0) is 16.1 Å². The lowest BCUT2D eigenvalue weighted by atomic mass is 9.92. The van der Waals surface area contributed by atoms with Gasteiger partial charge < -0.3 is 19.5 Å². The molecule has 0 aliphatic carbocycles. The van der Waals surface area contributed by atoms with Crippen molar-refractivity contribution >= 4 is 40.3 Å². The van der Waals surface area contributed by atoms with E-state index in [2.05, 4.69) is 19.2 Å². The first-order valence-electron chi connectivity index (χ1n) is 11.2. The van der Waals surface area contributed by atoms with Gasteiger partial charge in [-0.05, 0) is 42.5 Å². The summed E-state index contributed by atoms with van der Waals surface area (Å²) in [5, 5.41) is 3.55. The third kappa shape index (κ3) is 5.50. The highest BCUT2D eigenvalue weighted by atomic mass is 32.2. The fraction of sp³-hybridized carbons (Fsp3) is 0.400. The van der Waals surface area contributed by atoms with Gasteiger partial charge in [0.15, 0.2) is 5.16 Å². The summed E-state index contributed by atoms with van der Waals surface area (Å²) in [5.41, 5.74) is 2.34. The van der Waals surface area contributed by atoms with Crippen LogP contribution in [0, 0.1) is 11.8 Å². The topological polar surface area (TPSA) is 76.5 Å². The third-order valence-electron chi connectivity index (χ3n) is 5.85. The van der Waals surface area contributed by atoms with Gasteiger partial charge in [-0.2, -0.15) is 0 Å². The van der Waals surface area contributed by atoms with E-state index >= 15 is 0 Å². The summed E-state index contributed by atoms with van der Waals surface area (Å²) in [5.74, 6) is 1.73. The summed E-state index contributed by atoms with van der Waals surface area (Å²) in [6.07, 6.45) is 1.15. The minimum atomic E-state index is -0.159. The lowest BCUT2D eigenvalue weighted by Crippen LogP contribution is -2.44. The van der Waals surface area contributed by atoms with E-state index in [1.54, 1.807) is 19.2 Å². The first kappa shape index (κ1) is 23.2. The molecule has 4 rings (SSSR count). The molecule has 33 heavy (non-hydrogen) atoms. The zero-order valence-corrected chi connectivity index (χ0v) is 20.1. The average molecular weight is 467 g/mol. The second-order valence-corrected chi connectivity index (χ2v) is 9.69. The van der Waals surface area contributed by atoms with Crippen molar-refractivity contribution in [1.82, 2.24) is 14.5 Å². The lowest BCUT2D eigenvalue weighted by Gasteiger charge is -2.35. The number of benzene rings is 2. The molecule has 1 aliphatic rings. The Morgan fingerprint density at radius 3 is 2.55 bits per heavy atom. The first-order chi connectivity index (χ1) is 15.9. The molecule has 2 heterocycles. The maximum Gasteiger partial charge on any atom is 0.242 e. The van der Waals surface area contributed by atoms with Crippen LogP contribution in [0.2, 0.25) is 0 Å². The fourth-order valence-corrected chi connectivity index (χ4v) is 5.30. The van der Waals surface area contributed by atoms with Crippen LogP contribution < -0.4 is 10.1 Å². The number of hydrogen-bond acceptors (Lipinski definition) is 5. The number of piperidine rings is 1. The Balaban J connectivity index is 1.49. The van der Waals surface area contributed by atoms with Gasteiger partial charge in [0.05, 0.1) is 29.6 Å². The Morgan fingerprint density at radius 1 is 1.09 bits per heavy atom. The van der Waals surface area contributed by atoms with Gasteiger partial charge in [-0.1, -0.05) is 49.9 Å². The number of hydrogen-bond donors (Lipinski definition) is 1. The molecule has 174 valence electrons. The number of rotatable bonds is 7. The van der Waals surface area contributed by atoms with Crippen molar-refractivity contribution in [3.8, 4) is 5.75 Å². The molecule has 2 amide bonds. The van der Waals surface area contributed by atoms with E-state index in [1.165, 1.54) is 11.8 Å². The Morgan fingerprint density at radius 2 is 1.79 bits per heavy atom. The van der Waals surface area contributed by atoms with Crippen molar-refractivity contribution in [2.45, 2.75) is 32.0 Å². The molecule has 2 atom stereocenters. The summed E-state index contributed by atoms with van der Waals surface area (Å²) < 4.78 is 7.24. The Bertz CT molecular complexity index is 1140. The number of fused-ring (bicyclic) bond motifs is 1. The molecule has 7 nitrogen and oxygen atoms in total. The number of nitrogens with one attached hydrogen (secondary N) is 1. The Labute approximate surface area is 198 Å². The second kappa shape index (κ2) is 10.3. The molecule has 1 N–H and O–H groups in total. The van der Waals surface area contributed by atoms with Gasteiger partial charge in [-0.15, -0.1) is 0 Å². The van der Waals surface area contributed by atoms with Gasteiger partial charge >= 0.3 is 0 Å². The molecular weight excluding hydrogens is 436 g/mol. The van der Waals surface area contributed by atoms with Gasteiger partial charge in [-0.25, -0.2) is 4.98 Å². The molecule has 8 heteroatoms. The van der Waals surface area contributed by atoms with Gasteiger partial charge in [0.2, 0.25) is 11.8 Å². The number of imidazole rings is 1. The van der Waals surface area contributed by atoms with Gasteiger partial charge in [-0.3, -0.25) is 9.59 Å².